The summed E-state index contributed by atoms with van der Waals surface area (Å²) in [4.78, 5) is 14.9. The molecule has 0 radical (unpaired) electrons. The van der Waals surface area contributed by atoms with Crippen LogP contribution >= 0.6 is 0 Å². The van der Waals surface area contributed by atoms with Crippen molar-refractivity contribution in [1.29, 1.82) is 0 Å². The fourth-order valence-electron chi connectivity index (χ4n) is 3.84. The first-order chi connectivity index (χ1) is 15.8. The molecule has 4 rings (SSSR count). The van der Waals surface area contributed by atoms with E-state index in [4.69, 9.17) is 10.3 Å². The van der Waals surface area contributed by atoms with Crippen molar-refractivity contribution >= 4 is 22.3 Å². The molecule has 9 nitrogen and oxygen atoms in total. The Hall–Kier alpha value is -4.08. The van der Waals surface area contributed by atoms with Gasteiger partial charge in [0.25, 0.3) is 0 Å². The number of rotatable bonds is 7. The zero-order valence-electron chi connectivity index (χ0n) is 17.0. The van der Waals surface area contributed by atoms with Gasteiger partial charge in [-0.3, -0.25) is 0 Å². The molecule has 0 spiro atoms. The maximum Gasteiger partial charge on any atom is 0.488 e. The topological polar surface area (TPSA) is 130 Å². The predicted octanol–water partition coefficient (Wildman–Crippen LogP) is 5.26. The lowest BCUT2D eigenvalue weighted by Gasteiger charge is -2.15. The minimum Gasteiger partial charge on any atom is -0.449 e. The van der Waals surface area contributed by atoms with E-state index in [1.807, 2.05) is 48.5 Å². The van der Waals surface area contributed by atoms with Crippen LogP contribution in [0.15, 0.2) is 71.8 Å². The van der Waals surface area contributed by atoms with E-state index in [1.165, 1.54) is 12.1 Å². The number of hydrogen-bond donors (Lipinski definition) is 1. The van der Waals surface area contributed by atoms with Crippen LogP contribution in [-0.2, 0) is 21.8 Å². The van der Waals surface area contributed by atoms with Gasteiger partial charge >= 0.3 is 16.6 Å². The van der Waals surface area contributed by atoms with Gasteiger partial charge < -0.3 is 14.2 Å². The molecule has 1 N–H and O–H groups in total. The summed E-state index contributed by atoms with van der Waals surface area (Å²) in [6, 6.07) is 19.5. The number of fused-ring (bicyclic) bond motifs is 3. The lowest BCUT2D eigenvalue weighted by atomic mass is 9.98. The van der Waals surface area contributed by atoms with E-state index >= 15 is 0 Å². The van der Waals surface area contributed by atoms with Gasteiger partial charge in [-0.15, -0.1) is 0 Å². The van der Waals surface area contributed by atoms with Crippen LogP contribution in [0.2, 0.25) is 0 Å². The molecule has 1 amide bonds. The highest BCUT2D eigenvalue weighted by molar-refractivity contribution is 7.81. The van der Waals surface area contributed by atoms with E-state index in [0.717, 1.165) is 28.3 Å². The van der Waals surface area contributed by atoms with Gasteiger partial charge in [-0.05, 0) is 51.5 Å². The molecule has 3 aromatic rings. The van der Waals surface area contributed by atoms with Gasteiger partial charge in [0, 0.05) is 23.1 Å². The fraction of sp³-hybridized carbons (Fsp3) is 0.136. The molecule has 0 bridgehead atoms. The molecule has 0 aliphatic heterocycles. The van der Waals surface area contributed by atoms with Crippen molar-refractivity contribution in [2.45, 2.75) is 12.5 Å². The summed E-state index contributed by atoms with van der Waals surface area (Å²) in [5, 5.41) is 5.89. The number of hydrogen-bond acceptors (Lipinski definition) is 6. The second-order valence-electron chi connectivity index (χ2n) is 7.18. The maximum atomic E-state index is 12.9. The van der Waals surface area contributed by atoms with Crippen LogP contribution in [0.5, 0.6) is 5.75 Å². The number of alkyl carbamates (subject to hydrolysis) is 1. The molecule has 0 fully saturated rings. The largest absolute Gasteiger partial charge is 0.488 e. The van der Waals surface area contributed by atoms with Crippen LogP contribution < -0.4 is 9.50 Å². The molecule has 168 valence electrons. The van der Waals surface area contributed by atoms with E-state index in [2.05, 4.69) is 19.5 Å². The molecular weight excluding hydrogens is 451 g/mol. The van der Waals surface area contributed by atoms with Gasteiger partial charge in [-0.25, -0.2) is 4.79 Å². The van der Waals surface area contributed by atoms with E-state index in [9.17, 15) is 17.1 Å². The van der Waals surface area contributed by atoms with Crippen molar-refractivity contribution in [2.75, 3.05) is 6.61 Å². The summed E-state index contributed by atoms with van der Waals surface area (Å²) in [6.07, 6.45) is -0.702. The third-order valence-corrected chi connectivity index (χ3v) is 5.48. The van der Waals surface area contributed by atoms with E-state index in [0.29, 0.717) is 5.56 Å². The first-order valence-corrected chi connectivity index (χ1v) is 11.1. The standard InChI is InChI=1S/C22H17FN4O5S/c23-33(29,30)32-16-10-14(9-15(11-16)26-27-24)12-25-22(28)31-13-21-19-7-3-1-5-17(19)18-6-2-4-8-20(18)21/h1-11,21H,12-13H2,(H,25,28). The summed E-state index contributed by atoms with van der Waals surface area (Å²) in [5.41, 5.74) is 13.3. The molecule has 3 aromatic carbocycles. The molecular formula is C22H17FN4O5S. The van der Waals surface area contributed by atoms with Crippen LogP contribution in [-0.4, -0.2) is 21.1 Å². The monoisotopic (exact) mass is 468 g/mol. The highest BCUT2D eigenvalue weighted by Gasteiger charge is 2.29. The molecule has 0 heterocycles. The Morgan fingerprint density at radius 2 is 1.70 bits per heavy atom. The Morgan fingerprint density at radius 1 is 1.06 bits per heavy atom. The zero-order chi connectivity index (χ0) is 23.4. The number of azide groups is 1. The molecule has 0 saturated carbocycles. The van der Waals surface area contributed by atoms with Crippen LogP contribution in [0, 0.1) is 0 Å². The summed E-state index contributed by atoms with van der Waals surface area (Å²) < 4.78 is 44.0. The number of halogens is 1. The third-order valence-electron chi connectivity index (χ3n) is 5.09. The Morgan fingerprint density at radius 3 is 2.30 bits per heavy atom. The van der Waals surface area contributed by atoms with Crippen molar-refractivity contribution in [3.8, 4) is 16.9 Å². The molecule has 1 aliphatic rings. The minimum absolute atomic E-state index is 0.0111. The summed E-state index contributed by atoms with van der Waals surface area (Å²) in [7, 11) is -5.27. The molecule has 0 aromatic heterocycles. The van der Waals surface area contributed by atoms with Crippen LogP contribution in [0.3, 0.4) is 0 Å². The zero-order valence-corrected chi connectivity index (χ0v) is 17.8. The van der Waals surface area contributed by atoms with Crippen molar-refractivity contribution in [3.05, 3.63) is 93.9 Å². The van der Waals surface area contributed by atoms with Crippen LogP contribution in [0.25, 0.3) is 21.6 Å². The van der Waals surface area contributed by atoms with Gasteiger partial charge in [0.1, 0.15) is 12.4 Å². The molecule has 0 saturated heterocycles. The molecule has 33 heavy (non-hydrogen) atoms. The number of nitrogens with one attached hydrogen (secondary N) is 1. The Bertz CT molecular complexity index is 1330. The quantitative estimate of drug-likeness (QED) is 0.219. The van der Waals surface area contributed by atoms with Crippen molar-refractivity contribution < 1.29 is 26.0 Å². The molecule has 0 atom stereocenters. The smallest absolute Gasteiger partial charge is 0.449 e. The van der Waals surface area contributed by atoms with Gasteiger partial charge in [0.2, 0.25) is 0 Å². The number of carbonyl (C=O) groups excluding carboxylic acids is 1. The Balaban J connectivity index is 1.43. The van der Waals surface area contributed by atoms with Crippen molar-refractivity contribution in [2.24, 2.45) is 5.11 Å². The SMILES string of the molecule is [N-]=[N+]=Nc1cc(CNC(=O)OCC2c3ccccc3-c3ccccc32)cc(OS(=O)(=O)F)c1. The lowest BCUT2D eigenvalue weighted by molar-refractivity contribution is 0.142. The van der Waals surface area contributed by atoms with Gasteiger partial charge in [-0.1, -0.05) is 57.5 Å². The number of nitrogens with zero attached hydrogens (tertiary/aromatic N) is 3. The second kappa shape index (κ2) is 9.19. The third kappa shape index (κ3) is 5.22. The number of amides is 1. The number of ether oxygens (including phenoxy) is 1. The first kappa shape index (κ1) is 22.1. The van der Waals surface area contributed by atoms with E-state index in [1.54, 1.807) is 0 Å². The van der Waals surface area contributed by atoms with Crippen molar-refractivity contribution in [1.82, 2.24) is 5.32 Å². The Kier molecular flexibility index (Phi) is 6.16. The maximum absolute atomic E-state index is 12.9. The average Bonchev–Trinajstić information content (AvgIpc) is 3.09. The van der Waals surface area contributed by atoms with Crippen LogP contribution in [0.4, 0.5) is 14.4 Å². The van der Waals surface area contributed by atoms with Crippen molar-refractivity contribution in [3.63, 3.8) is 0 Å². The highest BCUT2D eigenvalue weighted by atomic mass is 32.3. The Labute approximate surface area is 188 Å². The van der Waals surface area contributed by atoms with Gasteiger partial charge in [0.05, 0.1) is 0 Å². The number of carbonyl (C=O) groups is 1. The van der Waals surface area contributed by atoms with Gasteiger partial charge in [-0.2, -0.15) is 8.42 Å². The summed E-state index contributed by atoms with van der Waals surface area (Å²) in [5.74, 6) is -0.502. The average molecular weight is 468 g/mol. The van der Waals surface area contributed by atoms with E-state index in [-0.39, 0.29) is 24.8 Å². The predicted molar refractivity (Wildman–Crippen MR) is 118 cm³/mol. The normalized spacial score (nSPS) is 12.3. The summed E-state index contributed by atoms with van der Waals surface area (Å²) >= 11 is 0. The minimum atomic E-state index is -5.27. The molecule has 1 aliphatic carbocycles. The molecule has 0 unspecified atom stereocenters. The number of benzene rings is 3. The van der Waals surface area contributed by atoms with Crippen LogP contribution in [0.1, 0.15) is 22.6 Å². The second-order valence-corrected chi connectivity index (χ2v) is 8.13. The highest BCUT2D eigenvalue weighted by Crippen LogP contribution is 2.44. The van der Waals surface area contributed by atoms with Gasteiger partial charge in [0.15, 0.2) is 0 Å². The van der Waals surface area contributed by atoms with E-state index < -0.39 is 22.3 Å². The fourth-order valence-corrected chi connectivity index (χ4v) is 4.17. The lowest BCUT2D eigenvalue weighted by Crippen LogP contribution is -2.25. The first-order valence-electron chi connectivity index (χ1n) is 9.76. The summed E-state index contributed by atoms with van der Waals surface area (Å²) in [6.45, 7) is 0.0151. The molecule has 11 heteroatoms.